The van der Waals surface area contributed by atoms with Crippen molar-refractivity contribution in [3.8, 4) is 17.2 Å². The van der Waals surface area contributed by atoms with Crippen LogP contribution in [0.5, 0.6) is 17.2 Å². The number of nitrogens with zero attached hydrogens (tertiary/aromatic N) is 2. The summed E-state index contributed by atoms with van der Waals surface area (Å²) in [6.07, 6.45) is 1.80. The molecule has 3 aromatic rings. The second-order valence-corrected chi connectivity index (χ2v) is 8.81. The number of hydrogen-bond acceptors (Lipinski definition) is 9. The van der Waals surface area contributed by atoms with Crippen molar-refractivity contribution in [2.75, 3.05) is 37.1 Å². The highest BCUT2D eigenvalue weighted by Crippen LogP contribution is 2.38. The highest BCUT2D eigenvalue weighted by Gasteiger charge is 2.18. The van der Waals surface area contributed by atoms with E-state index in [4.69, 9.17) is 19.9 Å². The van der Waals surface area contributed by atoms with Crippen molar-refractivity contribution < 1.29 is 27.4 Å². The minimum absolute atomic E-state index is 0.0229. The fourth-order valence-corrected chi connectivity index (χ4v) is 4.11. The molecule has 0 fully saturated rings. The predicted molar refractivity (Wildman–Crippen MR) is 127 cm³/mol. The second kappa shape index (κ2) is 10.3. The van der Waals surface area contributed by atoms with Gasteiger partial charge in [-0.1, -0.05) is 0 Å². The number of amides is 1. The van der Waals surface area contributed by atoms with Crippen molar-refractivity contribution in [2.45, 2.75) is 18.2 Å². The van der Waals surface area contributed by atoms with Crippen LogP contribution in [0.1, 0.15) is 18.1 Å². The number of nitrogen functional groups attached to an aromatic ring is 1. The average Bonchev–Trinajstić information content (AvgIpc) is 2.79. The lowest BCUT2D eigenvalue weighted by Gasteiger charge is -2.14. The van der Waals surface area contributed by atoms with Gasteiger partial charge in [0, 0.05) is 30.8 Å². The number of sulfonamides is 1. The first-order chi connectivity index (χ1) is 16.2. The van der Waals surface area contributed by atoms with Gasteiger partial charge in [-0.05, 0) is 42.0 Å². The first-order valence-electron chi connectivity index (χ1n) is 9.97. The molecule has 2 aromatic carbocycles. The van der Waals surface area contributed by atoms with Gasteiger partial charge in [0.25, 0.3) is 10.0 Å². The van der Waals surface area contributed by atoms with E-state index in [2.05, 4.69) is 20.0 Å². The molecule has 0 bridgehead atoms. The molecule has 4 N–H and O–H groups in total. The molecular weight excluding hydrogens is 462 g/mol. The molecule has 0 aliphatic rings. The highest BCUT2D eigenvalue weighted by molar-refractivity contribution is 7.92. The van der Waals surface area contributed by atoms with Crippen molar-refractivity contribution in [3.63, 3.8) is 0 Å². The SMILES string of the molecule is COc1cc(Cc2cnc(NS(=O)(=O)c3ccc(NC(C)=O)cc3)nc2N)cc(OC)c1OC. The summed E-state index contributed by atoms with van der Waals surface area (Å²) in [6.45, 7) is 1.36. The van der Waals surface area contributed by atoms with Gasteiger partial charge in [-0.3, -0.25) is 4.79 Å². The van der Waals surface area contributed by atoms with Gasteiger partial charge in [-0.15, -0.1) is 0 Å². The normalized spacial score (nSPS) is 10.9. The van der Waals surface area contributed by atoms with E-state index < -0.39 is 10.0 Å². The van der Waals surface area contributed by atoms with Gasteiger partial charge in [0.05, 0.1) is 26.2 Å². The zero-order chi connectivity index (χ0) is 24.9. The van der Waals surface area contributed by atoms with Crippen LogP contribution in [0.15, 0.2) is 47.5 Å². The summed E-state index contributed by atoms with van der Waals surface area (Å²) in [5.41, 5.74) is 7.94. The Hall–Kier alpha value is -4.06. The Morgan fingerprint density at radius 1 is 1.03 bits per heavy atom. The van der Waals surface area contributed by atoms with Gasteiger partial charge in [0.2, 0.25) is 17.6 Å². The predicted octanol–water partition coefficient (Wildman–Crippen LogP) is 2.43. The minimum Gasteiger partial charge on any atom is -0.493 e. The maximum Gasteiger partial charge on any atom is 0.264 e. The van der Waals surface area contributed by atoms with Crippen LogP contribution in [0.2, 0.25) is 0 Å². The van der Waals surface area contributed by atoms with Gasteiger partial charge < -0.3 is 25.3 Å². The molecule has 1 heterocycles. The number of nitrogens with two attached hydrogens (primary N) is 1. The zero-order valence-corrected chi connectivity index (χ0v) is 19.9. The molecular formula is C22H25N5O6S. The first-order valence-corrected chi connectivity index (χ1v) is 11.5. The summed E-state index contributed by atoms with van der Waals surface area (Å²) in [6, 6.07) is 9.23. The number of nitrogens with one attached hydrogen (secondary N) is 2. The van der Waals surface area contributed by atoms with Crippen molar-refractivity contribution in [2.24, 2.45) is 0 Å². The smallest absolute Gasteiger partial charge is 0.264 e. The van der Waals surface area contributed by atoms with Gasteiger partial charge in [-0.2, -0.15) is 4.98 Å². The highest BCUT2D eigenvalue weighted by atomic mass is 32.2. The van der Waals surface area contributed by atoms with Crippen LogP contribution >= 0.6 is 0 Å². The van der Waals surface area contributed by atoms with Gasteiger partial charge in [0.1, 0.15) is 5.82 Å². The Labute approximate surface area is 197 Å². The van der Waals surface area contributed by atoms with E-state index in [0.717, 1.165) is 5.56 Å². The van der Waals surface area contributed by atoms with Gasteiger partial charge >= 0.3 is 0 Å². The summed E-state index contributed by atoms with van der Waals surface area (Å²) >= 11 is 0. The molecule has 12 heteroatoms. The summed E-state index contributed by atoms with van der Waals surface area (Å²) in [4.78, 5) is 19.3. The van der Waals surface area contributed by atoms with Crippen molar-refractivity contribution >= 4 is 33.4 Å². The van der Waals surface area contributed by atoms with Crippen molar-refractivity contribution in [3.05, 3.63) is 53.7 Å². The Balaban J connectivity index is 1.79. The summed E-state index contributed by atoms with van der Waals surface area (Å²) < 4.78 is 43.7. The molecule has 0 aliphatic heterocycles. The fraction of sp³-hybridized carbons (Fsp3) is 0.227. The largest absolute Gasteiger partial charge is 0.493 e. The lowest BCUT2D eigenvalue weighted by atomic mass is 10.1. The quantitative estimate of drug-likeness (QED) is 0.413. The van der Waals surface area contributed by atoms with Crippen LogP contribution in [0, 0.1) is 0 Å². The van der Waals surface area contributed by atoms with Crippen LogP contribution in [-0.2, 0) is 21.2 Å². The fourth-order valence-electron chi connectivity index (χ4n) is 3.16. The summed E-state index contributed by atoms with van der Waals surface area (Å²) in [7, 11) is 0.595. The third-order valence-electron chi connectivity index (χ3n) is 4.73. The van der Waals surface area contributed by atoms with E-state index in [1.807, 2.05) is 0 Å². The van der Waals surface area contributed by atoms with Crippen LogP contribution in [-0.4, -0.2) is 45.6 Å². The molecule has 0 radical (unpaired) electrons. The molecule has 1 aromatic heterocycles. The number of methoxy groups -OCH3 is 3. The molecule has 0 saturated heterocycles. The lowest BCUT2D eigenvalue weighted by Crippen LogP contribution is -2.16. The molecule has 0 atom stereocenters. The van der Waals surface area contributed by atoms with Crippen LogP contribution in [0.3, 0.4) is 0 Å². The van der Waals surface area contributed by atoms with Crippen LogP contribution < -0.4 is 30.0 Å². The number of anilines is 3. The number of carbonyl (C=O) groups is 1. The molecule has 11 nitrogen and oxygen atoms in total. The van der Waals surface area contributed by atoms with E-state index >= 15 is 0 Å². The first kappa shape index (κ1) is 24.6. The standard InChI is InChI=1S/C22H25N5O6S/c1-13(28)25-16-5-7-17(8-6-16)34(29,30)27-22-24-12-15(21(23)26-22)9-14-10-18(31-2)20(33-4)19(11-14)32-3/h5-8,10-12H,9H2,1-4H3,(H,25,28)(H3,23,24,26,27). The molecule has 34 heavy (non-hydrogen) atoms. The Morgan fingerprint density at radius 3 is 2.15 bits per heavy atom. The van der Waals surface area contributed by atoms with E-state index in [-0.39, 0.29) is 22.6 Å². The molecule has 0 spiro atoms. The van der Waals surface area contributed by atoms with Crippen LogP contribution in [0.4, 0.5) is 17.5 Å². The Kier molecular flexibility index (Phi) is 7.41. The minimum atomic E-state index is -3.96. The third-order valence-corrected chi connectivity index (χ3v) is 6.07. The maximum absolute atomic E-state index is 12.7. The van der Waals surface area contributed by atoms with Crippen molar-refractivity contribution in [1.82, 2.24) is 9.97 Å². The second-order valence-electron chi connectivity index (χ2n) is 7.13. The van der Waals surface area contributed by atoms with Gasteiger partial charge in [0.15, 0.2) is 11.5 Å². The number of ether oxygens (including phenoxy) is 3. The molecule has 1 amide bonds. The zero-order valence-electron chi connectivity index (χ0n) is 19.1. The molecule has 0 aliphatic carbocycles. The monoisotopic (exact) mass is 487 g/mol. The van der Waals surface area contributed by atoms with E-state index in [1.54, 1.807) is 12.1 Å². The molecule has 0 unspecified atom stereocenters. The Bertz CT molecular complexity index is 1270. The molecule has 3 rings (SSSR count). The summed E-state index contributed by atoms with van der Waals surface area (Å²) in [5, 5.41) is 2.57. The number of hydrogen-bond donors (Lipinski definition) is 3. The van der Waals surface area contributed by atoms with Crippen molar-refractivity contribution in [1.29, 1.82) is 0 Å². The average molecular weight is 488 g/mol. The number of aromatic nitrogens is 2. The van der Waals surface area contributed by atoms with E-state index in [0.29, 0.717) is 34.9 Å². The van der Waals surface area contributed by atoms with Crippen LogP contribution in [0.25, 0.3) is 0 Å². The molecule has 0 saturated carbocycles. The lowest BCUT2D eigenvalue weighted by molar-refractivity contribution is -0.114. The third kappa shape index (κ3) is 5.64. The summed E-state index contributed by atoms with van der Waals surface area (Å²) in [5.74, 6) is 1.13. The van der Waals surface area contributed by atoms with E-state index in [9.17, 15) is 13.2 Å². The van der Waals surface area contributed by atoms with E-state index in [1.165, 1.54) is 58.7 Å². The van der Waals surface area contributed by atoms with Gasteiger partial charge in [-0.25, -0.2) is 18.1 Å². The number of carbonyl (C=O) groups excluding carboxylic acids is 1. The molecule has 180 valence electrons. The Morgan fingerprint density at radius 2 is 1.65 bits per heavy atom. The maximum atomic E-state index is 12.7. The number of rotatable bonds is 9. The number of benzene rings is 2. The topological polar surface area (TPSA) is 155 Å².